The maximum Gasteiger partial charge on any atom is 0.351 e. The molecule has 0 saturated carbocycles. The van der Waals surface area contributed by atoms with Crippen molar-refractivity contribution in [3.63, 3.8) is 0 Å². The minimum atomic E-state index is -0.587. The molecule has 0 saturated heterocycles. The summed E-state index contributed by atoms with van der Waals surface area (Å²) >= 11 is 0. The van der Waals surface area contributed by atoms with Crippen LogP contribution in [0.25, 0.3) is 10.9 Å². The number of aromatic nitrogens is 2. The van der Waals surface area contributed by atoms with E-state index in [4.69, 9.17) is 5.26 Å². The Kier molecular flexibility index (Phi) is 1.65. The molecule has 1 aromatic carbocycles. The highest BCUT2D eigenvalue weighted by Crippen LogP contribution is 2.25. The monoisotopic (exact) mass is 188 g/mol. The number of H-pyrrole nitrogens is 1. The zero-order valence-electron chi connectivity index (χ0n) is 6.89. The summed E-state index contributed by atoms with van der Waals surface area (Å²) in [6.07, 6.45) is 0. The Morgan fingerprint density at radius 2 is 2.36 bits per heavy atom. The maximum absolute atomic E-state index is 10.6. The van der Waals surface area contributed by atoms with Crippen LogP contribution in [0.3, 0.4) is 0 Å². The zero-order chi connectivity index (χ0) is 10.1. The van der Waals surface area contributed by atoms with Crippen LogP contribution in [0.4, 0.5) is 5.82 Å². The third-order valence-electron chi connectivity index (χ3n) is 1.86. The molecule has 6 heteroatoms. The lowest BCUT2D eigenvalue weighted by atomic mass is 10.1. The molecule has 1 heterocycles. The third-order valence-corrected chi connectivity index (χ3v) is 1.86. The summed E-state index contributed by atoms with van der Waals surface area (Å²) in [6.45, 7) is 0. The molecule has 1 N–H and O–H groups in total. The quantitative estimate of drug-likeness (QED) is 0.539. The zero-order valence-corrected chi connectivity index (χ0v) is 6.89. The van der Waals surface area contributed by atoms with Crippen molar-refractivity contribution >= 4 is 16.7 Å². The molecule has 68 valence electrons. The van der Waals surface area contributed by atoms with Crippen molar-refractivity contribution in [1.82, 2.24) is 10.2 Å². The highest BCUT2D eigenvalue weighted by molar-refractivity contribution is 5.91. The normalized spacial score (nSPS) is 9.93. The minimum Gasteiger partial charge on any atom is -0.358 e. The molecule has 0 unspecified atom stereocenters. The summed E-state index contributed by atoms with van der Waals surface area (Å²) in [5, 5.41) is 25.6. The summed E-state index contributed by atoms with van der Waals surface area (Å²) in [5.41, 5.74) is 0.679. The van der Waals surface area contributed by atoms with Crippen LogP contribution in [0.2, 0.25) is 0 Å². The topological polar surface area (TPSA) is 95.6 Å². The first-order valence-corrected chi connectivity index (χ1v) is 3.75. The molecule has 0 fully saturated rings. The van der Waals surface area contributed by atoms with Gasteiger partial charge in [0.25, 0.3) is 0 Å². The summed E-state index contributed by atoms with van der Waals surface area (Å²) in [5.74, 6) is -0.239. The molecule has 14 heavy (non-hydrogen) atoms. The summed E-state index contributed by atoms with van der Waals surface area (Å²) < 4.78 is 0. The number of fused-ring (bicyclic) bond motifs is 1. The SMILES string of the molecule is N#Cc1cccc2n[nH]c([N+](=O)[O-])c12. The van der Waals surface area contributed by atoms with Gasteiger partial charge in [0.1, 0.15) is 17.0 Å². The summed E-state index contributed by atoms with van der Waals surface area (Å²) in [6, 6.07) is 6.65. The van der Waals surface area contributed by atoms with Crippen LogP contribution in [-0.2, 0) is 0 Å². The van der Waals surface area contributed by atoms with E-state index in [1.807, 2.05) is 6.07 Å². The molecule has 0 amide bonds. The van der Waals surface area contributed by atoms with Crippen LogP contribution in [-0.4, -0.2) is 15.1 Å². The Labute approximate surface area is 77.9 Å². The van der Waals surface area contributed by atoms with E-state index in [0.29, 0.717) is 5.52 Å². The molecular weight excluding hydrogens is 184 g/mol. The number of nitriles is 1. The number of benzene rings is 1. The molecule has 0 aliphatic rings. The maximum atomic E-state index is 10.6. The largest absolute Gasteiger partial charge is 0.358 e. The fourth-order valence-corrected chi connectivity index (χ4v) is 1.28. The van der Waals surface area contributed by atoms with E-state index in [9.17, 15) is 10.1 Å². The molecule has 0 spiro atoms. The predicted molar refractivity (Wildman–Crippen MR) is 47.5 cm³/mol. The first kappa shape index (κ1) is 8.19. The molecule has 1 aromatic heterocycles. The van der Waals surface area contributed by atoms with E-state index in [2.05, 4.69) is 10.2 Å². The van der Waals surface area contributed by atoms with E-state index in [1.165, 1.54) is 6.07 Å². The van der Waals surface area contributed by atoms with Gasteiger partial charge in [0.05, 0.1) is 5.56 Å². The Balaban J connectivity index is 2.89. The second kappa shape index (κ2) is 2.81. The van der Waals surface area contributed by atoms with E-state index in [0.717, 1.165) is 0 Å². The number of rotatable bonds is 1. The van der Waals surface area contributed by atoms with E-state index in [-0.39, 0.29) is 16.8 Å². The molecule has 2 aromatic rings. The smallest absolute Gasteiger partial charge is 0.351 e. The average Bonchev–Trinajstić information content (AvgIpc) is 2.60. The van der Waals surface area contributed by atoms with Crippen molar-refractivity contribution in [2.75, 3.05) is 0 Å². The van der Waals surface area contributed by atoms with Crippen LogP contribution < -0.4 is 0 Å². The highest BCUT2D eigenvalue weighted by atomic mass is 16.6. The first-order chi connectivity index (χ1) is 6.74. The second-order valence-electron chi connectivity index (χ2n) is 2.64. The van der Waals surface area contributed by atoms with Gasteiger partial charge in [-0.15, -0.1) is 5.10 Å². The second-order valence-corrected chi connectivity index (χ2v) is 2.64. The third kappa shape index (κ3) is 0.998. The van der Waals surface area contributed by atoms with E-state index < -0.39 is 4.92 Å². The van der Waals surface area contributed by atoms with Gasteiger partial charge < -0.3 is 10.1 Å². The minimum absolute atomic E-state index is 0.239. The molecule has 0 aliphatic heterocycles. The molecule has 0 bridgehead atoms. The number of hydrogen-bond donors (Lipinski definition) is 1. The van der Waals surface area contributed by atoms with Gasteiger partial charge in [-0.05, 0) is 17.1 Å². The predicted octanol–water partition coefficient (Wildman–Crippen LogP) is 1.34. The number of nitro groups is 1. The number of hydrogen-bond acceptors (Lipinski definition) is 4. The van der Waals surface area contributed by atoms with Crippen molar-refractivity contribution in [2.24, 2.45) is 0 Å². The van der Waals surface area contributed by atoms with Gasteiger partial charge in [-0.25, -0.2) is 0 Å². The van der Waals surface area contributed by atoms with Crippen molar-refractivity contribution in [3.05, 3.63) is 33.9 Å². The number of nitrogens with one attached hydrogen (secondary N) is 1. The fraction of sp³-hybridized carbons (Fsp3) is 0. The lowest BCUT2D eigenvalue weighted by Crippen LogP contribution is -1.89. The van der Waals surface area contributed by atoms with Crippen molar-refractivity contribution in [2.45, 2.75) is 0 Å². The van der Waals surface area contributed by atoms with Gasteiger partial charge in [-0.2, -0.15) is 5.26 Å². The number of aromatic amines is 1. The lowest BCUT2D eigenvalue weighted by Gasteiger charge is -1.92. The van der Waals surface area contributed by atoms with E-state index >= 15 is 0 Å². The fourth-order valence-electron chi connectivity index (χ4n) is 1.28. The van der Waals surface area contributed by atoms with E-state index in [1.54, 1.807) is 12.1 Å². The molecule has 0 aliphatic carbocycles. The van der Waals surface area contributed by atoms with Crippen molar-refractivity contribution in [3.8, 4) is 6.07 Å². The standard InChI is InChI=1S/C8H4N4O2/c9-4-5-2-1-3-6-7(5)8(11-10-6)12(13)14/h1-3H,(H,10,11). The van der Waals surface area contributed by atoms with Gasteiger partial charge in [0.2, 0.25) is 0 Å². The van der Waals surface area contributed by atoms with Gasteiger partial charge in [0.15, 0.2) is 0 Å². The van der Waals surface area contributed by atoms with Crippen LogP contribution >= 0.6 is 0 Å². The molecule has 0 radical (unpaired) electrons. The Hall–Kier alpha value is -2.42. The Morgan fingerprint density at radius 1 is 1.57 bits per heavy atom. The van der Waals surface area contributed by atoms with Gasteiger partial charge in [-0.3, -0.25) is 0 Å². The van der Waals surface area contributed by atoms with Crippen LogP contribution in [0.15, 0.2) is 18.2 Å². The average molecular weight is 188 g/mol. The first-order valence-electron chi connectivity index (χ1n) is 3.75. The lowest BCUT2D eigenvalue weighted by molar-refractivity contribution is -0.387. The van der Waals surface area contributed by atoms with Gasteiger partial charge >= 0.3 is 5.82 Å². The molecular formula is C8H4N4O2. The molecule has 6 nitrogen and oxygen atoms in total. The summed E-state index contributed by atoms with van der Waals surface area (Å²) in [7, 11) is 0. The van der Waals surface area contributed by atoms with Crippen LogP contribution in [0.1, 0.15) is 5.56 Å². The highest BCUT2D eigenvalue weighted by Gasteiger charge is 2.17. The Bertz CT molecular complexity index is 552. The van der Waals surface area contributed by atoms with Crippen LogP contribution in [0, 0.1) is 21.4 Å². The van der Waals surface area contributed by atoms with Gasteiger partial charge in [0, 0.05) is 0 Å². The molecule has 0 atom stereocenters. The summed E-state index contributed by atoms with van der Waals surface area (Å²) in [4.78, 5) is 9.98. The van der Waals surface area contributed by atoms with Crippen LogP contribution in [0.5, 0.6) is 0 Å². The Morgan fingerprint density at radius 3 is 3.00 bits per heavy atom. The van der Waals surface area contributed by atoms with Crippen molar-refractivity contribution < 1.29 is 4.92 Å². The van der Waals surface area contributed by atoms with Crippen molar-refractivity contribution in [1.29, 1.82) is 5.26 Å². The molecule has 2 rings (SSSR count). The van der Waals surface area contributed by atoms with Gasteiger partial charge in [-0.1, -0.05) is 11.2 Å². The number of nitrogens with zero attached hydrogens (tertiary/aromatic N) is 3.